The Balaban J connectivity index is 3.01. The summed E-state index contributed by atoms with van der Waals surface area (Å²) in [6.45, 7) is 1.95. The molecule has 7 nitrogen and oxygen atoms in total. The second kappa shape index (κ2) is 8.76. The minimum atomic E-state index is -1.01. The Bertz CT molecular complexity index is 517. The molecule has 1 N–H and O–H groups in total. The van der Waals surface area contributed by atoms with Crippen molar-refractivity contribution in [2.24, 2.45) is 0 Å². The Morgan fingerprint density at radius 3 is 2.50 bits per heavy atom. The van der Waals surface area contributed by atoms with Gasteiger partial charge in [0.15, 0.2) is 11.5 Å². The Hall–Kier alpha value is -2.44. The molecule has 0 atom stereocenters. The molecule has 1 rings (SSSR count). The molecule has 0 amide bonds. The van der Waals surface area contributed by atoms with Crippen molar-refractivity contribution in [1.29, 1.82) is 0 Å². The van der Waals surface area contributed by atoms with Gasteiger partial charge in [-0.25, -0.2) is 0 Å². The van der Waals surface area contributed by atoms with E-state index in [0.717, 1.165) is 0 Å². The first-order valence-corrected chi connectivity index (χ1v) is 6.86. The zero-order valence-corrected chi connectivity index (χ0v) is 13.0. The molecule has 22 heavy (non-hydrogen) atoms. The lowest BCUT2D eigenvalue weighted by molar-refractivity contribution is -0.143. The van der Waals surface area contributed by atoms with Crippen LogP contribution in [0.1, 0.15) is 13.3 Å². The van der Waals surface area contributed by atoms with Gasteiger partial charge in [-0.1, -0.05) is 6.07 Å². The number of carbonyl (C=O) groups excluding carboxylic acids is 1. The van der Waals surface area contributed by atoms with Gasteiger partial charge in [-0.15, -0.1) is 0 Å². The topological polar surface area (TPSA) is 85.3 Å². The van der Waals surface area contributed by atoms with Gasteiger partial charge in [0.25, 0.3) is 0 Å². The second-order valence-electron chi connectivity index (χ2n) is 4.38. The zero-order chi connectivity index (χ0) is 16.5. The Morgan fingerprint density at radius 2 is 1.95 bits per heavy atom. The Labute approximate surface area is 129 Å². The Morgan fingerprint density at radius 1 is 1.23 bits per heavy atom. The highest BCUT2D eigenvalue weighted by atomic mass is 16.5. The van der Waals surface area contributed by atoms with Gasteiger partial charge in [0.05, 0.1) is 32.9 Å². The number of anilines is 1. The maximum absolute atomic E-state index is 11.5. The number of hydrogen-bond acceptors (Lipinski definition) is 6. The van der Waals surface area contributed by atoms with Gasteiger partial charge in [-0.05, 0) is 19.1 Å². The summed E-state index contributed by atoms with van der Waals surface area (Å²) in [4.78, 5) is 24.1. The smallest absolute Gasteiger partial charge is 0.323 e. The van der Waals surface area contributed by atoms with Crippen LogP contribution >= 0.6 is 0 Å². The number of methoxy groups -OCH3 is 2. The molecule has 1 aromatic carbocycles. The van der Waals surface area contributed by atoms with Gasteiger partial charge in [0, 0.05) is 6.54 Å². The summed E-state index contributed by atoms with van der Waals surface area (Å²) in [6.07, 6.45) is 0.0848. The van der Waals surface area contributed by atoms with Crippen LogP contribution in [-0.4, -0.2) is 51.0 Å². The van der Waals surface area contributed by atoms with E-state index in [9.17, 15) is 9.59 Å². The number of ether oxygens (including phenoxy) is 3. The molecule has 0 aromatic heterocycles. The molecule has 122 valence electrons. The van der Waals surface area contributed by atoms with Crippen LogP contribution < -0.4 is 14.4 Å². The number of para-hydroxylation sites is 1. The molecule has 1 aromatic rings. The monoisotopic (exact) mass is 311 g/mol. The summed E-state index contributed by atoms with van der Waals surface area (Å²) in [5.41, 5.74) is 0.550. The van der Waals surface area contributed by atoms with Gasteiger partial charge in [-0.2, -0.15) is 0 Å². The molecule has 7 heteroatoms. The molecule has 0 unspecified atom stereocenters. The molecule has 0 heterocycles. The molecule has 0 aliphatic carbocycles. The molecule has 0 saturated carbocycles. The van der Waals surface area contributed by atoms with Gasteiger partial charge < -0.3 is 24.2 Å². The van der Waals surface area contributed by atoms with Crippen molar-refractivity contribution in [3.63, 3.8) is 0 Å². The summed E-state index contributed by atoms with van der Waals surface area (Å²) in [7, 11) is 2.98. The number of aliphatic carboxylic acids is 1. The minimum Gasteiger partial charge on any atom is -0.493 e. The minimum absolute atomic E-state index is 0.0848. The van der Waals surface area contributed by atoms with Crippen LogP contribution in [0.4, 0.5) is 5.69 Å². The fourth-order valence-electron chi connectivity index (χ4n) is 2.03. The van der Waals surface area contributed by atoms with Crippen LogP contribution in [-0.2, 0) is 14.3 Å². The average molecular weight is 311 g/mol. The number of esters is 1. The van der Waals surface area contributed by atoms with Crippen molar-refractivity contribution in [3.8, 4) is 11.5 Å². The SMILES string of the molecule is CCOC(=O)CCN(CC(=O)O)c1cccc(OC)c1OC. The van der Waals surface area contributed by atoms with Gasteiger partial charge in [-0.3, -0.25) is 9.59 Å². The van der Waals surface area contributed by atoms with E-state index >= 15 is 0 Å². The van der Waals surface area contributed by atoms with E-state index in [2.05, 4.69) is 0 Å². The highest BCUT2D eigenvalue weighted by molar-refractivity contribution is 5.77. The van der Waals surface area contributed by atoms with Crippen molar-refractivity contribution in [3.05, 3.63) is 18.2 Å². The van der Waals surface area contributed by atoms with Gasteiger partial charge in [0.2, 0.25) is 0 Å². The largest absolute Gasteiger partial charge is 0.493 e. The Kier molecular flexibility index (Phi) is 7.01. The van der Waals surface area contributed by atoms with E-state index in [1.807, 2.05) is 0 Å². The molecule has 0 bridgehead atoms. The number of carboxylic acids is 1. The molecular weight excluding hydrogens is 290 g/mol. The van der Waals surface area contributed by atoms with Gasteiger partial charge in [0.1, 0.15) is 6.54 Å². The maximum Gasteiger partial charge on any atom is 0.323 e. The quantitative estimate of drug-likeness (QED) is 0.692. The third kappa shape index (κ3) is 4.83. The fourth-order valence-corrected chi connectivity index (χ4v) is 2.03. The molecule has 0 aliphatic heterocycles. The van der Waals surface area contributed by atoms with Crippen LogP contribution in [0.3, 0.4) is 0 Å². The molecule has 0 fully saturated rings. The summed E-state index contributed by atoms with van der Waals surface area (Å²) in [5, 5.41) is 9.07. The first-order valence-electron chi connectivity index (χ1n) is 6.86. The van der Waals surface area contributed by atoms with Crippen LogP contribution in [0.5, 0.6) is 11.5 Å². The van der Waals surface area contributed by atoms with Crippen molar-refractivity contribution < 1.29 is 28.9 Å². The predicted molar refractivity (Wildman–Crippen MR) is 80.6 cm³/mol. The predicted octanol–water partition coefficient (Wildman–Crippen LogP) is 1.55. The summed E-state index contributed by atoms with van der Waals surface area (Å²) >= 11 is 0. The number of nitrogens with zero attached hydrogens (tertiary/aromatic N) is 1. The molecule has 0 aliphatic rings. The first kappa shape index (κ1) is 17.6. The number of hydrogen-bond donors (Lipinski definition) is 1. The molecule has 0 spiro atoms. The first-order chi connectivity index (χ1) is 10.5. The average Bonchev–Trinajstić information content (AvgIpc) is 2.50. The van der Waals surface area contributed by atoms with Gasteiger partial charge >= 0.3 is 11.9 Å². The van der Waals surface area contributed by atoms with Crippen molar-refractivity contribution in [1.82, 2.24) is 0 Å². The second-order valence-corrected chi connectivity index (χ2v) is 4.38. The third-order valence-electron chi connectivity index (χ3n) is 2.94. The van der Waals surface area contributed by atoms with E-state index in [1.54, 1.807) is 30.0 Å². The molecular formula is C15H21NO6. The van der Waals surface area contributed by atoms with Crippen molar-refractivity contribution in [2.75, 3.05) is 38.8 Å². The van der Waals surface area contributed by atoms with Crippen molar-refractivity contribution >= 4 is 17.6 Å². The lowest BCUT2D eigenvalue weighted by atomic mass is 10.2. The zero-order valence-electron chi connectivity index (χ0n) is 13.0. The van der Waals surface area contributed by atoms with E-state index < -0.39 is 5.97 Å². The van der Waals surface area contributed by atoms with E-state index in [0.29, 0.717) is 23.8 Å². The lowest BCUT2D eigenvalue weighted by Gasteiger charge is -2.25. The fraction of sp³-hybridized carbons (Fsp3) is 0.467. The highest BCUT2D eigenvalue weighted by Crippen LogP contribution is 2.37. The standard InChI is InChI=1S/C15H21NO6/c1-4-22-14(19)8-9-16(10-13(17)18)11-6-5-7-12(20-2)15(11)21-3/h5-7H,4,8-10H2,1-3H3,(H,17,18). The number of carbonyl (C=O) groups is 2. The molecule has 0 saturated heterocycles. The van der Waals surface area contributed by atoms with Crippen molar-refractivity contribution in [2.45, 2.75) is 13.3 Å². The summed E-state index contributed by atoms with van der Waals surface area (Å²) in [6, 6.07) is 5.16. The van der Waals surface area contributed by atoms with E-state index in [1.165, 1.54) is 14.2 Å². The number of rotatable bonds is 9. The maximum atomic E-state index is 11.5. The molecule has 0 radical (unpaired) electrons. The van der Waals surface area contributed by atoms with E-state index in [4.69, 9.17) is 19.3 Å². The third-order valence-corrected chi connectivity index (χ3v) is 2.94. The number of benzene rings is 1. The van der Waals surface area contributed by atoms with Crippen LogP contribution in [0.25, 0.3) is 0 Å². The normalized spacial score (nSPS) is 9.95. The number of carboxylic acid groups (broad SMARTS) is 1. The van der Waals surface area contributed by atoms with Crippen LogP contribution in [0.15, 0.2) is 18.2 Å². The highest BCUT2D eigenvalue weighted by Gasteiger charge is 2.19. The summed E-state index contributed by atoms with van der Waals surface area (Å²) in [5.74, 6) is -0.463. The van der Waals surface area contributed by atoms with Crippen LogP contribution in [0, 0.1) is 0 Å². The van der Waals surface area contributed by atoms with E-state index in [-0.39, 0.29) is 25.5 Å². The summed E-state index contributed by atoms with van der Waals surface area (Å²) < 4.78 is 15.4. The van der Waals surface area contributed by atoms with Crippen LogP contribution in [0.2, 0.25) is 0 Å². The lowest BCUT2D eigenvalue weighted by Crippen LogP contribution is -2.32.